The number of carbonyl (C=O) groups excluding carboxylic acids is 1. The van der Waals surface area contributed by atoms with Gasteiger partial charge in [0.15, 0.2) is 0 Å². The monoisotopic (exact) mass is 287 g/mol. The van der Waals surface area contributed by atoms with E-state index in [2.05, 4.69) is 0 Å². The number of aliphatic carboxylic acids is 1. The lowest BCUT2D eigenvalue weighted by Crippen LogP contribution is -2.47. The Hall–Kier alpha value is -1.14. The predicted molar refractivity (Wildman–Crippen MR) is 73.4 cm³/mol. The molecule has 1 aliphatic rings. The summed E-state index contributed by atoms with van der Waals surface area (Å²) in [6.07, 6.45) is 1.68. The summed E-state index contributed by atoms with van der Waals surface area (Å²) in [5.41, 5.74) is -0.810. The number of rotatable bonds is 7. The average molecular weight is 287 g/mol. The summed E-state index contributed by atoms with van der Waals surface area (Å²) in [4.78, 5) is 25.0. The van der Waals surface area contributed by atoms with E-state index >= 15 is 0 Å². The van der Waals surface area contributed by atoms with Crippen molar-refractivity contribution in [1.82, 2.24) is 4.90 Å². The molecule has 1 atom stereocenters. The predicted octanol–water partition coefficient (Wildman–Crippen LogP) is 0.999. The molecule has 1 unspecified atom stereocenters. The summed E-state index contributed by atoms with van der Waals surface area (Å²) in [5.74, 6) is -0.906. The molecule has 0 aromatic heterocycles. The molecule has 6 heteroatoms. The highest BCUT2D eigenvalue weighted by molar-refractivity contribution is 5.78. The van der Waals surface area contributed by atoms with Gasteiger partial charge in [0, 0.05) is 20.2 Å². The van der Waals surface area contributed by atoms with Crippen molar-refractivity contribution in [3.05, 3.63) is 0 Å². The van der Waals surface area contributed by atoms with E-state index in [1.54, 1.807) is 25.9 Å². The second-order valence-electron chi connectivity index (χ2n) is 5.75. The summed E-state index contributed by atoms with van der Waals surface area (Å²) >= 11 is 0. The third-order valence-corrected chi connectivity index (χ3v) is 4.00. The summed E-state index contributed by atoms with van der Waals surface area (Å²) in [7, 11) is 1.58. The van der Waals surface area contributed by atoms with Crippen LogP contribution in [0.1, 0.15) is 26.7 Å². The zero-order valence-electron chi connectivity index (χ0n) is 12.6. The molecule has 20 heavy (non-hydrogen) atoms. The summed E-state index contributed by atoms with van der Waals surface area (Å²) < 4.78 is 10.1. The molecule has 0 bridgehead atoms. The molecule has 1 heterocycles. The largest absolute Gasteiger partial charge is 0.481 e. The number of carboxylic acid groups (broad SMARTS) is 1. The third kappa shape index (κ3) is 4.45. The molecule has 1 rings (SSSR count). The van der Waals surface area contributed by atoms with Crippen LogP contribution in [0.5, 0.6) is 0 Å². The zero-order valence-corrected chi connectivity index (χ0v) is 12.6. The van der Waals surface area contributed by atoms with E-state index < -0.39 is 11.4 Å². The van der Waals surface area contributed by atoms with E-state index in [0.29, 0.717) is 26.3 Å². The highest BCUT2D eigenvalue weighted by Gasteiger charge is 2.39. The van der Waals surface area contributed by atoms with E-state index in [4.69, 9.17) is 9.47 Å². The Balaban J connectivity index is 2.48. The molecule has 0 spiro atoms. The molecule has 6 nitrogen and oxygen atoms in total. The molecular weight excluding hydrogens is 262 g/mol. The number of hydrogen-bond donors (Lipinski definition) is 1. The number of likely N-dealkylation sites (tertiary alicyclic amines) is 1. The second-order valence-corrected chi connectivity index (χ2v) is 5.75. The van der Waals surface area contributed by atoms with Crippen molar-refractivity contribution in [1.29, 1.82) is 0 Å². The molecule has 0 radical (unpaired) electrons. The first-order valence-corrected chi connectivity index (χ1v) is 6.97. The maximum atomic E-state index is 12.0. The third-order valence-electron chi connectivity index (χ3n) is 4.00. The first-order chi connectivity index (χ1) is 9.39. The van der Waals surface area contributed by atoms with Gasteiger partial charge in [-0.15, -0.1) is 0 Å². The van der Waals surface area contributed by atoms with Gasteiger partial charge >= 0.3 is 5.97 Å². The van der Waals surface area contributed by atoms with E-state index in [-0.39, 0.29) is 18.4 Å². The number of methoxy groups -OCH3 is 1. The Bertz CT molecular complexity index is 342. The lowest BCUT2D eigenvalue weighted by molar-refractivity contribution is -0.153. The van der Waals surface area contributed by atoms with Crippen LogP contribution in [0.25, 0.3) is 0 Å². The van der Waals surface area contributed by atoms with Gasteiger partial charge in [0.25, 0.3) is 0 Å². The number of nitrogens with zero attached hydrogens (tertiary/aromatic N) is 1. The van der Waals surface area contributed by atoms with Crippen molar-refractivity contribution >= 4 is 11.9 Å². The van der Waals surface area contributed by atoms with Gasteiger partial charge in [-0.25, -0.2) is 0 Å². The molecule has 1 fully saturated rings. The minimum atomic E-state index is -0.812. The van der Waals surface area contributed by atoms with E-state index in [9.17, 15) is 14.7 Å². The van der Waals surface area contributed by atoms with Gasteiger partial charge < -0.3 is 19.5 Å². The van der Waals surface area contributed by atoms with Crippen LogP contribution in [0.3, 0.4) is 0 Å². The number of carbonyl (C=O) groups is 2. The SMILES string of the molecule is COCCOCC(=O)N1CCCC(C(C)(C)C(=O)O)C1. The van der Waals surface area contributed by atoms with E-state index in [1.165, 1.54) is 0 Å². The lowest BCUT2D eigenvalue weighted by atomic mass is 9.74. The molecule has 1 N–H and O–H groups in total. The fourth-order valence-corrected chi connectivity index (χ4v) is 2.36. The van der Waals surface area contributed by atoms with Gasteiger partial charge in [0.1, 0.15) is 6.61 Å². The van der Waals surface area contributed by atoms with E-state index in [0.717, 1.165) is 12.8 Å². The van der Waals surface area contributed by atoms with Crippen LogP contribution < -0.4 is 0 Å². The van der Waals surface area contributed by atoms with Gasteiger partial charge in [0.05, 0.1) is 18.6 Å². The van der Waals surface area contributed by atoms with Gasteiger partial charge in [-0.3, -0.25) is 9.59 Å². The first kappa shape index (κ1) is 16.9. The van der Waals surface area contributed by atoms with Crippen LogP contribution >= 0.6 is 0 Å². The molecule has 1 aliphatic heterocycles. The fraction of sp³-hybridized carbons (Fsp3) is 0.857. The van der Waals surface area contributed by atoms with Crippen molar-refractivity contribution in [2.75, 3.05) is 40.0 Å². The first-order valence-electron chi connectivity index (χ1n) is 6.97. The number of amides is 1. The van der Waals surface area contributed by atoms with Gasteiger partial charge in [-0.2, -0.15) is 0 Å². The number of carboxylic acids is 1. The Morgan fingerprint density at radius 2 is 2.05 bits per heavy atom. The molecule has 116 valence electrons. The van der Waals surface area contributed by atoms with Crippen molar-refractivity contribution in [3.8, 4) is 0 Å². The molecule has 1 saturated heterocycles. The smallest absolute Gasteiger partial charge is 0.309 e. The van der Waals surface area contributed by atoms with Gasteiger partial charge in [0.2, 0.25) is 5.91 Å². The maximum Gasteiger partial charge on any atom is 0.309 e. The second kappa shape index (κ2) is 7.59. The van der Waals surface area contributed by atoms with Crippen molar-refractivity contribution in [2.45, 2.75) is 26.7 Å². The van der Waals surface area contributed by atoms with Gasteiger partial charge in [-0.1, -0.05) is 0 Å². The molecule has 1 amide bonds. The Morgan fingerprint density at radius 3 is 2.65 bits per heavy atom. The standard InChI is InChI=1S/C14H25NO5/c1-14(2,13(17)18)11-5-4-6-15(9-11)12(16)10-20-8-7-19-3/h11H,4-10H2,1-3H3,(H,17,18). The maximum absolute atomic E-state index is 12.0. The van der Waals surface area contributed by atoms with Crippen molar-refractivity contribution in [2.24, 2.45) is 11.3 Å². The minimum absolute atomic E-state index is 0.0170. The fourth-order valence-electron chi connectivity index (χ4n) is 2.36. The zero-order chi connectivity index (χ0) is 15.2. The van der Waals surface area contributed by atoms with Crippen LogP contribution in [0.15, 0.2) is 0 Å². The quantitative estimate of drug-likeness (QED) is 0.707. The van der Waals surface area contributed by atoms with Crippen LogP contribution in [0.4, 0.5) is 0 Å². The van der Waals surface area contributed by atoms with E-state index in [1.807, 2.05) is 0 Å². The molecular formula is C14H25NO5. The van der Waals surface area contributed by atoms with Crippen LogP contribution in [-0.2, 0) is 19.1 Å². The Labute approximate surface area is 120 Å². The molecule has 0 aromatic rings. The number of hydrogen-bond acceptors (Lipinski definition) is 4. The summed E-state index contributed by atoms with van der Waals surface area (Å²) in [6, 6.07) is 0. The number of ether oxygens (including phenoxy) is 2. The molecule has 0 saturated carbocycles. The number of piperidine rings is 1. The summed E-state index contributed by atoms with van der Waals surface area (Å²) in [6.45, 7) is 5.50. The van der Waals surface area contributed by atoms with Crippen molar-refractivity contribution < 1.29 is 24.2 Å². The van der Waals surface area contributed by atoms with Crippen LogP contribution in [0, 0.1) is 11.3 Å². The lowest BCUT2D eigenvalue weighted by Gasteiger charge is -2.39. The van der Waals surface area contributed by atoms with Crippen molar-refractivity contribution in [3.63, 3.8) is 0 Å². The minimum Gasteiger partial charge on any atom is -0.481 e. The topological polar surface area (TPSA) is 76.1 Å². The summed E-state index contributed by atoms with van der Waals surface area (Å²) in [5, 5.41) is 9.28. The molecule has 0 aliphatic carbocycles. The Morgan fingerprint density at radius 1 is 1.35 bits per heavy atom. The normalized spacial score (nSPS) is 19.9. The molecule has 0 aromatic carbocycles. The van der Waals surface area contributed by atoms with Gasteiger partial charge in [-0.05, 0) is 32.6 Å². The van der Waals surface area contributed by atoms with Crippen LogP contribution in [-0.4, -0.2) is 61.9 Å². The Kier molecular flexibility index (Phi) is 6.42. The highest BCUT2D eigenvalue weighted by atomic mass is 16.5. The van der Waals surface area contributed by atoms with Crippen LogP contribution in [0.2, 0.25) is 0 Å². The average Bonchev–Trinajstić information content (AvgIpc) is 2.43. The highest BCUT2D eigenvalue weighted by Crippen LogP contribution is 2.34.